The number of unbranched alkanes of at least 4 members (excludes halogenated alkanes) is 8. The van der Waals surface area contributed by atoms with E-state index in [9.17, 15) is 4.79 Å². The lowest BCUT2D eigenvalue weighted by atomic mass is 10.0. The smallest absolute Gasteiger partial charge is 0.179 e. The van der Waals surface area contributed by atoms with E-state index >= 15 is 0 Å². The van der Waals surface area contributed by atoms with Gasteiger partial charge in [0.2, 0.25) is 0 Å². The van der Waals surface area contributed by atoms with Gasteiger partial charge in [0.25, 0.3) is 0 Å². The van der Waals surface area contributed by atoms with Crippen molar-refractivity contribution in [2.75, 3.05) is 0 Å². The second kappa shape index (κ2) is 9.82. The highest BCUT2D eigenvalue weighted by Gasteiger charge is 2.06. The number of aromatic nitrogens is 1. The lowest BCUT2D eigenvalue weighted by Crippen LogP contribution is -1.98. The molecule has 0 fully saturated rings. The van der Waals surface area contributed by atoms with Gasteiger partial charge in [0, 0.05) is 12.6 Å². The summed E-state index contributed by atoms with van der Waals surface area (Å²) < 4.78 is 0. The summed E-state index contributed by atoms with van der Waals surface area (Å²) in [6.45, 7) is 4.26. The molecule has 1 aromatic heterocycles. The number of carbonyl (C=O) groups is 1. The number of carbonyl (C=O) groups excluding carboxylic acids is 1. The van der Waals surface area contributed by atoms with Crippen molar-refractivity contribution in [3.63, 3.8) is 0 Å². The minimum Gasteiger partial charge on any atom is -0.359 e. The summed E-state index contributed by atoms with van der Waals surface area (Å²) in [5.74, 6) is 0.260. The molecule has 0 aliphatic carbocycles. The maximum absolute atomic E-state index is 11.8. The molecule has 0 saturated heterocycles. The third kappa shape index (κ3) is 7.19. The van der Waals surface area contributed by atoms with Crippen LogP contribution in [0.2, 0.25) is 0 Å². The zero-order valence-corrected chi connectivity index (χ0v) is 12.6. The molecule has 0 bridgehead atoms. The molecule has 0 aliphatic heterocycles. The van der Waals surface area contributed by atoms with Crippen molar-refractivity contribution in [1.82, 2.24) is 4.98 Å². The van der Waals surface area contributed by atoms with E-state index < -0.39 is 0 Å². The lowest BCUT2D eigenvalue weighted by Gasteiger charge is -2.01. The fraction of sp³-hybridized carbons (Fsp3) is 0.706. The molecule has 0 saturated carbocycles. The summed E-state index contributed by atoms with van der Waals surface area (Å²) in [5.41, 5.74) is 1.91. The largest absolute Gasteiger partial charge is 0.359 e. The molecular formula is C17H29NO. The maximum atomic E-state index is 11.8. The monoisotopic (exact) mass is 263 g/mol. The Labute approximate surface area is 118 Å². The third-order valence-corrected chi connectivity index (χ3v) is 3.64. The van der Waals surface area contributed by atoms with Crippen LogP contribution in [-0.2, 0) is 0 Å². The van der Waals surface area contributed by atoms with Crippen molar-refractivity contribution in [2.24, 2.45) is 0 Å². The molecule has 2 heteroatoms. The van der Waals surface area contributed by atoms with Crippen LogP contribution in [0.3, 0.4) is 0 Å². The predicted octanol–water partition coefficient (Wildman–Crippen LogP) is 5.43. The van der Waals surface area contributed by atoms with E-state index in [4.69, 9.17) is 0 Å². The number of hydrogen-bond donors (Lipinski definition) is 1. The summed E-state index contributed by atoms with van der Waals surface area (Å²) in [6.07, 6.45) is 14.3. The zero-order valence-electron chi connectivity index (χ0n) is 12.6. The van der Waals surface area contributed by atoms with Crippen molar-refractivity contribution >= 4 is 5.78 Å². The fourth-order valence-corrected chi connectivity index (χ4v) is 2.39. The van der Waals surface area contributed by atoms with Crippen LogP contribution in [0.25, 0.3) is 0 Å². The van der Waals surface area contributed by atoms with Crippen molar-refractivity contribution in [3.8, 4) is 0 Å². The van der Waals surface area contributed by atoms with Crippen molar-refractivity contribution in [1.29, 1.82) is 0 Å². The van der Waals surface area contributed by atoms with Gasteiger partial charge < -0.3 is 4.98 Å². The van der Waals surface area contributed by atoms with E-state index in [2.05, 4.69) is 11.9 Å². The van der Waals surface area contributed by atoms with Crippen LogP contribution < -0.4 is 0 Å². The first kappa shape index (κ1) is 16.0. The molecule has 0 amide bonds. The number of aromatic amines is 1. The quantitative estimate of drug-likeness (QED) is 0.419. The van der Waals surface area contributed by atoms with Gasteiger partial charge in [-0.05, 0) is 25.0 Å². The third-order valence-electron chi connectivity index (χ3n) is 3.64. The van der Waals surface area contributed by atoms with E-state index in [0.717, 1.165) is 17.7 Å². The fourth-order valence-electron chi connectivity index (χ4n) is 2.39. The normalized spacial score (nSPS) is 10.8. The van der Waals surface area contributed by atoms with Gasteiger partial charge in [-0.1, -0.05) is 58.3 Å². The summed E-state index contributed by atoms with van der Waals surface area (Å²) >= 11 is 0. The van der Waals surface area contributed by atoms with Crippen molar-refractivity contribution in [3.05, 3.63) is 23.5 Å². The number of Topliss-reactive ketones (excluding diaryl/α,β-unsaturated/α-hetero) is 1. The van der Waals surface area contributed by atoms with Crippen molar-refractivity contribution in [2.45, 2.75) is 78.1 Å². The molecule has 0 spiro atoms. The number of aryl methyl sites for hydroxylation is 1. The minimum atomic E-state index is 0.260. The predicted molar refractivity (Wildman–Crippen MR) is 81.7 cm³/mol. The highest BCUT2D eigenvalue weighted by atomic mass is 16.1. The standard InChI is InChI=1S/C17H29NO/c1-3-4-5-6-7-8-9-10-11-12-17(19)16-13-15(2)14-18-16/h13-14,18H,3-12H2,1-2H3. The molecule has 0 radical (unpaired) electrons. The van der Waals surface area contributed by atoms with Gasteiger partial charge in [0.1, 0.15) is 0 Å². The Balaban J connectivity index is 1.95. The Hall–Kier alpha value is -1.05. The van der Waals surface area contributed by atoms with E-state index in [1.807, 2.05) is 19.2 Å². The number of rotatable bonds is 11. The van der Waals surface area contributed by atoms with E-state index in [1.54, 1.807) is 0 Å². The molecule has 1 heterocycles. The second-order valence-corrected chi connectivity index (χ2v) is 5.59. The van der Waals surface area contributed by atoms with Crippen LogP contribution in [0.4, 0.5) is 0 Å². The van der Waals surface area contributed by atoms with E-state index in [1.165, 1.54) is 51.4 Å². The highest BCUT2D eigenvalue weighted by molar-refractivity contribution is 5.94. The number of hydrogen-bond acceptors (Lipinski definition) is 1. The molecule has 108 valence electrons. The molecule has 1 rings (SSSR count). The first-order valence-electron chi connectivity index (χ1n) is 7.92. The van der Waals surface area contributed by atoms with Crippen LogP contribution in [0, 0.1) is 6.92 Å². The Morgan fingerprint density at radius 2 is 1.58 bits per heavy atom. The summed E-state index contributed by atoms with van der Waals surface area (Å²) in [4.78, 5) is 14.9. The summed E-state index contributed by atoms with van der Waals surface area (Å²) in [6, 6.07) is 1.94. The molecule has 1 N–H and O–H groups in total. The summed E-state index contributed by atoms with van der Waals surface area (Å²) in [5, 5.41) is 0. The topological polar surface area (TPSA) is 32.9 Å². The van der Waals surface area contributed by atoms with Gasteiger partial charge in [0.05, 0.1) is 5.69 Å². The molecule has 0 aromatic carbocycles. The number of H-pyrrole nitrogens is 1. The van der Waals surface area contributed by atoms with Crippen LogP contribution in [0.5, 0.6) is 0 Å². The van der Waals surface area contributed by atoms with Crippen LogP contribution in [-0.4, -0.2) is 10.8 Å². The highest BCUT2D eigenvalue weighted by Crippen LogP contribution is 2.12. The van der Waals surface area contributed by atoms with E-state index in [-0.39, 0.29) is 5.78 Å². The maximum Gasteiger partial charge on any atom is 0.179 e. The SMILES string of the molecule is CCCCCCCCCCCC(=O)c1cc(C)c[nH]1. The van der Waals surface area contributed by atoms with Gasteiger partial charge in [-0.3, -0.25) is 4.79 Å². The molecule has 19 heavy (non-hydrogen) atoms. The first-order chi connectivity index (χ1) is 9.24. The van der Waals surface area contributed by atoms with Crippen LogP contribution >= 0.6 is 0 Å². The molecule has 0 aliphatic rings. The molecule has 1 aromatic rings. The zero-order chi connectivity index (χ0) is 13.9. The van der Waals surface area contributed by atoms with Crippen molar-refractivity contribution < 1.29 is 4.79 Å². The number of ketones is 1. The Morgan fingerprint density at radius 1 is 1.00 bits per heavy atom. The second-order valence-electron chi connectivity index (χ2n) is 5.59. The molecule has 0 atom stereocenters. The van der Waals surface area contributed by atoms with Crippen LogP contribution in [0.1, 0.15) is 87.2 Å². The van der Waals surface area contributed by atoms with Gasteiger partial charge in [-0.2, -0.15) is 0 Å². The molecule has 2 nitrogen and oxygen atoms in total. The van der Waals surface area contributed by atoms with Gasteiger partial charge in [-0.15, -0.1) is 0 Å². The van der Waals surface area contributed by atoms with Crippen LogP contribution in [0.15, 0.2) is 12.3 Å². The van der Waals surface area contributed by atoms with Gasteiger partial charge in [0.15, 0.2) is 5.78 Å². The Bertz CT molecular complexity index is 354. The lowest BCUT2D eigenvalue weighted by molar-refractivity contribution is 0.0975. The number of nitrogens with one attached hydrogen (secondary N) is 1. The Kier molecular flexibility index (Phi) is 8.28. The van der Waals surface area contributed by atoms with E-state index in [0.29, 0.717) is 6.42 Å². The molecule has 0 unspecified atom stereocenters. The van der Waals surface area contributed by atoms with Gasteiger partial charge in [-0.25, -0.2) is 0 Å². The summed E-state index contributed by atoms with van der Waals surface area (Å²) in [7, 11) is 0. The van der Waals surface area contributed by atoms with Gasteiger partial charge >= 0.3 is 0 Å². The average molecular weight is 263 g/mol. The average Bonchev–Trinajstić information content (AvgIpc) is 2.83. The Morgan fingerprint density at radius 3 is 2.11 bits per heavy atom. The molecular weight excluding hydrogens is 234 g/mol. The minimum absolute atomic E-state index is 0.260. The first-order valence-corrected chi connectivity index (χ1v) is 7.92.